The molecule has 17 heavy (non-hydrogen) atoms. The Labute approximate surface area is 111 Å². The van der Waals surface area contributed by atoms with Crippen LogP contribution in [0, 0.1) is 0 Å². The number of halogens is 1. The standard InChI is InChI=1S/C14H16ClNS/c1-11(13-6-8-17-10-13)16-7-5-12-3-2-4-14(15)9-12/h2-4,6,8-11,16H,5,7H2,1H3. The van der Waals surface area contributed by atoms with Gasteiger partial charge in [-0.2, -0.15) is 11.3 Å². The molecule has 0 amide bonds. The monoisotopic (exact) mass is 265 g/mol. The van der Waals surface area contributed by atoms with Crippen LogP contribution in [0.3, 0.4) is 0 Å². The molecule has 90 valence electrons. The maximum Gasteiger partial charge on any atom is 0.0408 e. The fourth-order valence-electron chi connectivity index (χ4n) is 1.76. The van der Waals surface area contributed by atoms with E-state index in [9.17, 15) is 0 Å². The zero-order valence-corrected chi connectivity index (χ0v) is 11.4. The molecule has 1 N–H and O–H groups in total. The first-order valence-electron chi connectivity index (χ1n) is 5.75. The zero-order chi connectivity index (χ0) is 12.1. The van der Waals surface area contributed by atoms with Crippen molar-refractivity contribution in [2.24, 2.45) is 0 Å². The molecule has 0 radical (unpaired) electrons. The molecule has 0 aliphatic rings. The van der Waals surface area contributed by atoms with Crippen molar-refractivity contribution < 1.29 is 0 Å². The van der Waals surface area contributed by atoms with Gasteiger partial charge in [-0.3, -0.25) is 0 Å². The molecule has 2 aromatic rings. The van der Waals surface area contributed by atoms with E-state index in [1.165, 1.54) is 11.1 Å². The minimum Gasteiger partial charge on any atom is -0.310 e. The molecule has 1 heterocycles. The Bertz CT molecular complexity index is 453. The predicted octanol–water partition coefficient (Wildman–Crippen LogP) is 4.29. The van der Waals surface area contributed by atoms with Crippen molar-refractivity contribution in [3.63, 3.8) is 0 Å². The molecule has 0 aliphatic carbocycles. The van der Waals surface area contributed by atoms with E-state index in [4.69, 9.17) is 11.6 Å². The van der Waals surface area contributed by atoms with Gasteiger partial charge in [-0.15, -0.1) is 0 Å². The quantitative estimate of drug-likeness (QED) is 0.850. The molecule has 0 fully saturated rings. The maximum absolute atomic E-state index is 5.95. The van der Waals surface area contributed by atoms with Gasteiger partial charge in [0.2, 0.25) is 0 Å². The number of thiophene rings is 1. The third-order valence-electron chi connectivity index (χ3n) is 2.80. The smallest absolute Gasteiger partial charge is 0.0408 e. The lowest BCUT2D eigenvalue weighted by molar-refractivity contribution is 0.578. The second-order valence-corrected chi connectivity index (χ2v) is 5.33. The summed E-state index contributed by atoms with van der Waals surface area (Å²) in [6, 6.07) is 10.6. The highest BCUT2D eigenvalue weighted by Gasteiger charge is 2.04. The lowest BCUT2D eigenvalue weighted by atomic mass is 10.1. The molecular formula is C14H16ClNS. The van der Waals surface area contributed by atoms with E-state index in [2.05, 4.69) is 35.1 Å². The van der Waals surface area contributed by atoms with Crippen molar-refractivity contribution in [3.05, 3.63) is 57.2 Å². The zero-order valence-electron chi connectivity index (χ0n) is 9.82. The molecular weight excluding hydrogens is 250 g/mol. The molecule has 1 aromatic heterocycles. The Kier molecular flexibility index (Phi) is 4.60. The first-order valence-corrected chi connectivity index (χ1v) is 7.08. The van der Waals surface area contributed by atoms with E-state index in [0.717, 1.165) is 18.0 Å². The Morgan fingerprint density at radius 2 is 2.24 bits per heavy atom. The van der Waals surface area contributed by atoms with Gasteiger partial charge in [-0.1, -0.05) is 23.7 Å². The van der Waals surface area contributed by atoms with E-state index in [-0.39, 0.29) is 0 Å². The molecule has 1 atom stereocenters. The number of benzene rings is 1. The Hall–Kier alpha value is -0.830. The summed E-state index contributed by atoms with van der Waals surface area (Å²) in [7, 11) is 0. The van der Waals surface area contributed by atoms with Crippen LogP contribution in [-0.2, 0) is 6.42 Å². The SMILES string of the molecule is CC(NCCc1cccc(Cl)c1)c1ccsc1. The van der Waals surface area contributed by atoms with Gasteiger partial charge in [0, 0.05) is 11.1 Å². The van der Waals surface area contributed by atoms with Crippen molar-refractivity contribution in [2.45, 2.75) is 19.4 Å². The second-order valence-electron chi connectivity index (χ2n) is 4.11. The van der Waals surface area contributed by atoms with Crippen LogP contribution in [0.4, 0.5) is 0 Å². The lowest BCUT2D eigenvalue weighted by Gasteiger charge is -2.12. The van der Waals surface area contributed by atoms with Crippen LogP contribution in [0.15, 0.2) is 41.1 Å². The Balaban J connectivity index is 1.80. The molecule has 0 aliphatic heterocycles. The van der Waals surface area contributed by atoms with Crippen molar-refractivity contribution in [2.75, 3.05) is 6.54 Å². The average molecular weight is 266 g/mol. The number of hydrogen-bond acceptors (Lipinski definition) is 2. The van der Waals surface area contributed by atoms with Crippen molar-refractivity contribution in [1.82, 2.24) is 5.32 Å². The molecule has 1 aromatic carbocycles. The predicted molar refractivity (Wildman–Crippen MR) is 75.9 cm³/mol. The molecule has 0 spiro atoms. The number of hydrogen-bond donors (Lipinski definition) is 1. The summed E-state index contributed by atoms with van der Waals surface area (Å²) >= 11 is 7.69. The fourth-order valence-corrected chi connectivity index (χ4v) is 2.73. The third kappa shape index (κ3) is 3.84. The van der Waals surface area contributed by atoms with E-state index in [1.54, 1.807) is 11.3 Å². The van der Waals surface area contributed by atoms with Gasteiger partial charge < -0.3 is 5.32 Å². The second kappa shape index (κ2) is 6.20. The molecule has 1 unspecified atom stereocenters. The summed E-state index contributed by atoms with van der Waals surface area (Å²) in [6.45, 7) is 3.16. The highest BCUT2D eigenvalue weighted by Crippen LogP contribution is 2.16. The van der Waals surface area contributed by atoms with Gasteiger partial charge >= 0.3 is 0 Å². The topological polar surface area (TPSA) is 12.0 Å². The molecule has 0 saturated heterocycles. The summed E-state index contributed by atoms with van der Waals surface area (Å²) in [6.07, 6.45) is 1.01. The van der Waals surface area contributed by atoms with E-state index in [0.29, 0.717) is 6.04 Å². The highest BCUT2D eigenvalue weighted by atomic mass is 35.5. The summed E-state index contributed by atoms with van der Waals surface area (Å²) in [5, 5.41) is 8.64. The van der Waals surface area contributed by atoms with Gasteiger partial charge in [0.15, 0.2) is 0 Å². The van der Waals surface area contributed by atoms with Crippen LogP contribution >= 0.6 is 22.9 Å². The molecule has 1 nitrogen and oxygen atoms in total. The molecule has 0 saturated carbocycles. The van der Waals surface area contributed by atoms with Crippen molar-refractivity contribution >= 4 is 22.9 Å². The van der Waals surface area contributed by atoms with E-state index >= 15 is 0 Å². The highest BCUT2D eigenvalue weighted by molar-refractivity contribution is 7.07. The van der Waals surface area contributed by atoms with Gasteiger partial charge in [-0.05, 0) is 60.0 Å². The first kappa shape index (κ1) is 12.6. The van der Waals surface area contributed by atoms with Gasteiger partial charge in [-0.25, -0.2) is 0 Å². The summed E-state index contributed by atoms with van der Waals surface area (Å²) in [5.74, 6) is 0. The van der Waals surface area contributed by atoms with Gasteiger partial charge in [0.25, 0.3) is 0 Å². The minimum atomic E-state index is 0.417. The van der Waals surface area contributed by atoms with Crippen LogP contribution in [-0.4, -0.2) is 6.54 Å². The third-order valence-corrected chi connectivity index (χ3v) is 3.73. The van der Waals surface area contributed by atoms with E-state index < -0.39 is 0 Å². The Morgan fingerprint density at radius 3 is 2.94 bits per heavy atom. The summed E-state index contributed by atoms with van der Waals surface area (Å²) in [5.41, 5.74) is 2.64. The largest absolute Gasteiger partial charge is 0.310 e. The molecule has 0 bridgehead atoms. The van der Waals surface area contributed by atoms with Gasteiger partial charge in [0.1, 0.15) is 0 Å². The maximum atomic E-state index is 5.95. The minimum absolute atomic E-state index is 0.417. The van der Waals surface area contributed by atoms with Crippen LogP contribution in [0.1, 0.15) is 24.1 Å². The van der Waals surface area contributed by atoms with Crippen LogP contribution in [0.5, 0.6) is 0 Å². The van der Waals surface area contributed by atoms with Crippen molar-refractivity contribution in [1.29, 1.82) is 0 Å². The molecule has 3 heteroatoms. The van der Waals surface area contributed by atoms with Crippen LogP contribution < -0.4 is 5.32 Å². The van der Waals surface area contributed by atoms with Gasteiger partial charge in [0.05, 0.1) is 0 Å². The van der Waals surface area contributed by atoms with Crippen molar-refractivity contribution in [3.8, 4) is 0 Å². The average Bonchev–Trinajstić information content (AvgIpc) is 2.82. The van der Waals surface area contributed by atoms with Crippen LogP contribution in [0.25, 0.3) is 0 Å². The summed E-state index contributed by atoms with van der Waals surface area (Å²) < 4.78 is 0. The van der Waals surface area contributed by atoms with Crippen LogP contribution in [0.2, 0.25) is 5.02 Å². The molecule has 2 rings (SSSR count). The normalized spacial score (nSPS) is 12.6. The lowest BCUT2D eigenvalue weighted by Crippen LogP contribution is -2.20. The Morgan fingerprint density at radius 1 is 1.35 bits per heavy atom. The van der Waals surface area contributed by atoms with E-state index in [1.807, 2.05) is 18.2 Å². The summed E-state index contributed by atoms with van der Waals surface area (Å²) in [4.78, 5) is 0. The first-order chi connectivity index (χ1) is 8.25. The fraction of sp³-hybridized carbons (Fsp3) is 0.286. The number of nitrogens with one attached hydrogen (secondary N) is 1. The number of rotatable bonds is 5.